The van der Waals surface area contributed by atoms with Crippen molar-refractivity contribution in [2.45, 2.75) is 108 Å². The molecule has 1 fully saturated rings. The number of ether oxygens (including phenoxy) is 4. The van der Waals surface area contributed by atoms with Crippen LogP contribution in [0.5, 0.6) is 0 Å². The lowest BCUT2D eigenvalue weighted by Gasteiger charge is -2.31. The number of fused-ring (bicyclic) bond motifs is 2. The second kappa shape index (κ2) is 17.3. The Morgan fingerprint density at radius 3 is 2.27 bits per heavy atom. The lowest BCUT2D eigenvalue weighted by atomic mass is 9.91. The van der Waals surface area contributed by atoms with Gasteiger partial charge in [0, 0.05) is 51.4 Å². The van der Waals surface area contributed by atoms with Gasteiger partial charge in [-0.3, -0.25) is 19.2 Å². The minimum atomic E-state index is -1.44. The molecule has 3 aliphatic rings. The fourth-order valence-corrected chi connectivity index (χ4v) is 6.83. The number of aliphatic hydroxyl groups is 2. The average Bonchev–Trinajstić information content (AvgIpc) is 3.68. The number of amides is 3. The van der Waals surface area contributed by atoms with Crippen molar-refractivity contribution in [3.63, 3.8) is 0 Å². The molecule has 5 rings (SSSR count). The predicted octanol–water partition coefficient (Wildman–Crippen LogP) is 2.39. The molecule has 1 aliphatic heterocycles. The summed E-state index contributed by atoms with van der Waals surface area (Å²) in [7, 11) is 3.23. The van der Waals surface area contributed by atoms with E-state index in [-0.39, 0.29) is 36.3 Å². The fourth-order valence-electron chi connectivity index (χ4n) is 6.83. The van der Waals surface area contributed by atoms with E-state index < -0.39 is 78.2 Å². The van der Waals surface area contributed by atoms with Crippen LogP contribution < -0.4 is 10.6 Å². The van der Waals surface area contributed by atoms with E-state index in [0.717, 1.165) is 11.1 Å². The second-order valence-electron chi connectivity index (χ2n) is 15.4. The molecule has 0 aromatic heterocycles. The molecule has 1 heterocycles. The fraction of sp³-hybridized carbons (Fsp3) is 0.488. The van der Waals surface area contributed by atoms with Crippen LogP contribution in [0.2, 0.25) is 0 Å². The van der Waals surface area contributed by atoms with Crippen molar-refractivity contribution in [2.24, 2.45) is 0 Å². The average molecular weight is 762 g/mol. The van der Waals surface area contributed by atoms with Crippen LogP contribution in [0, 0.1) is 0 Å². The first-order valence-electron chi connectivity index (χ1n) is 18.4. The molecule has 6 atom stereocenters. The van der Waals surface area contributed by atoms with E-state index >= 15 is 0 Å². The molecule has 0 bridgehead atoms. The van der Waals surface area contributed by atoms with Crippen molar-refractivity contribution < 1.29 is 53.1 Å². The first-order chi connectivity index (χ1) is 26.0. The number of hydrogen-bond acceptors (Lipinski definition) is 11. The highest BCUT2D eigenvalue weighted by atomic mass is 16.8. The minimum absolute atomic E-state index is 0.0622. The quantitative estimate of drug-likeness (QED) is 0.173. The third kappa shape index (κ3) is 10.5. The number of nitrogens with zero attached hydrogens (tertiary/aromatic N) is 1. The van der Waals surface area contributed by atoms with E-state index in [1.54, 1.807) is 65.2 Å². The summed E-state index contributed by atoms with van der Waals surface area (Å²) in [6.45, 7) is 6.03. The zero-order valence-electron chi connectivity index (χ0n) is 32.1. The van der Waals surface area contributed by atoms with Crippen LogP contribution in [0.15, 0.2) is 66.3 Å². The molecule has 2 aromatic rings. The summed E-state index contributed by atoms with van der Waals surface area (Å²) >= 11 is 0. The van der Waals surface area contributed by atoms with Crippen LogP contribution in [0.4, 0.5) is 0 Å². The Hall–Kier alpha value is -4.89. The molecule has 4 N–H and O–H groups in total. The Morgan fingerprint density at radius 2 is 1.65 bits per heavy atom. The van der Waals surface area contributed by atoms with Crippen molar-refractivity contribution in [3.05, 3.63) is 88.5 Å². The van der Waals surface area contributed by atoms with Gasteiger partial charge in [-0.25, -0.2) is 4.79 Å². The Bertz CT molecular complexity index is 1800. The normalized spacial score (nSPS) is 21.5. The van der Waals surface area contributed by atoms with E-state index in [0.29, 0.717) is 18.4 Å². The van der Waals surface area contributed by atoms with Crippen molar-refractivity contribution >= 4 is 35.7 Å². The molecule has 2 aromatic carbocycles. The Balaban J connectivity index is 1.35. The summed E-state index contributed by atoms with van der Waals surface area (Å²) in [6.07, 6.45) is 1.31. The van der Waals surface area contributed by atoms with Gasteiger partial charge in [-0.1, -0.05) is 42.5 Å². The first kappa shape index (κ1) is 41.3. The van der Waals surface area contributed by atoms with E-state index in [4.69, 9.17) is 18.9 Å². The lowest BCUT2D eigenvalue weighted by molar-refractivity contribution is -0.172. The summed E-state index contributed by atoms with van der Waals surface area (Å²) in [6, 6.07) is 12.2. The van der Waals surface area contributed by atoms with Crippen LogP contribution in [0.1, 0.15) is 74.0 Å². The molecule has 3 amide bonds. The second-order valence-corrected chi connectivity index (χ2v) is 15.4. The lowest BCUT2D eigenvalue weighted by Crippen LogP contribution is -2.55. The van der Waals surface area contributed by atoms with Gasteiger partial charge in [-0.05, 0) is 69.0 Å². The molecule has 1 spiro atoms. The molecule has 14 heteroatoms. The Labute approximate surface area is 320 Å². The van der Waals surface area contributed by atoms with Crippen LogP contribution in [0.25, 0.3) is 6.08 Å². The number of carbonyl (C=O) groups excluding carboxylic acids is 5. The maximum absolute atomic E-state index is 13.9. The number of esters is 2. The van der Waals surface area contributed by atoms with Gasteiger partial charge >= 0.3 is 11.9 Å². The van der Waals surface area contributed by atoms with Crippen LogP contribution in [-0.4, -0.2) is 113 Å². The maximum atomic E-state index is 13.9. The molecule has 55 heavy (non-hydrogen) atoms. The van der Waals surface area contributed by atoms with Gasteiger partial charge in [0.25, 0.3) is 0 Å². The molecule has 296 valence electrons. The van der Waals surface area contributed by atoms with Gasteiger partial charge in [-0.15, -0.1) is 0 Å². The number of rotatable bonds is 13. The highest BCUT2D eigenvalue weighted by molar-refractivity contribution is 5.99. The van der Waals surface area contributed by atoms with E-state index in [2.05, 4.69) is 10.6 Å². The standard InChI is InChI=1S/C41H51N3O11/c1-24(46)35(38(50)42-29(23-45)16-18-34(48)54-40(2,3)4)43-37(49)28-19-31(52-39(51)30-14-10-9-11-25(30)15-17-33(47)44(5)6)36-32(20-28)53-41(55-36)21-26-12-7-8-13-27(26)22-41/h7-15,17,20,24,29,31-32,35-36,45-46H,16,18-19,21-23H2,1-6H3,(H,42,50)(H,43,49). The van der Waals surface area contributed by atoms with Gasteiger partial charge in [0.2, 0.25) is 17.7 Å². The molecule has 0 saturated carbocycles. The Kier molecular flexibility index (Phi) is 13.0. The zero-order chi connectivity index (χ0) is 40.1. The van der Waals surface area contributed by atoms with E-state index in [9.17, 15) is 34.2 Å². The molecule has 6 unspecified atom stereocenters. The largest absolute Gasteiger partial charge is 0.460 e. The maximum Gasteiger partial charge on any atom is 0.339 e. The number of carbonyl (C=O) groups is 5. The predicted molar refractivity (Wildman–Crippen MR) is 200 cm³/mol. The van der Waals surface area contributed by atoms with Gasteiger partial charge in [0.15, 0.2) is 5.79 Å². The number of likely N-dealkylation sites (N-methyl/N-ethyl adjacent to an activating group) is 1. The molecule has 2 aliphatic carbocycles. The minimum Gasteiger partial charge on any atom is -0.460 e. The zero-order valence-corrected chi connectivity index (χ0v) is 32.1. The third-order valence-corrected chi connectivity index (χ3v) is 9.53. The summed E-state index contributed by atoms with van der Waals surface area (Å²) < 4.78 is 24.5. The number of benzene rings is 2. The van der Waals surface area contributed by atoms with Gasteiger partial charge in [0.1, 0.15) is 30.0 Å². The summed E-state index contributed by atoms with van der Waals surface area (Å²) in [5, 5.41) is 25.7. The van der Waals surface area contributed by atoms with Crippen LogP contribution in [-0.2, 0) is 51.0 Å². The highest BCUT2D eigenvalue weighted by Gasteiger charge is 2.55. The van der Waals surface area contributed by atoms with E-state index in [1.807, 2.05) is 24.3 Å². The topological polar surface area (TPSA) is 190 Å². The number of aliphatic hydroxyl groups excluding tert-OH is 2. The van der Waals surface area contributed by atoms with Gasteiger partial charge in [0.05, 0.1) is 24.3 Å². The molecular formula is C41H51N3O11. The van der Waals surface area contributed by atoms with Crippen molar-refractivity contribution in [1.29, 1.82) is 0 Å². The number of nitrogens with one attached hydrogen (secondary N) is 2. The summed E-state index contributed by atoms with van der Waals surface area (Å²) in [5.74, 6) is -4.01. The molecule has 1 saturated heterocycles. The Morgan fingerprint density at radius 1 is 1.00 bits per heavy atom. The summed E-state index contributed by atoms with van der Waals surface area (Å²) in [5.41, 5.74) is 2.20. The highest BCUT2D eigenvalue weighted by Crippen LogP contribution is 2.45. The van der Waals surface area contributed by atoms with E-state index in [1.165, 1.54) is 24.0 Å². The van der Waals surface area contributed by atoms with Crippen molar-refractivity contribution in [3.8, 4) is 0 Å². The van der Waals surface area contributed by atoms with Crippen LogP contribution in [0.3, 0.4) is 0 Å². The monoisotopic (exact) mass is 761 g/mol. The van der Waals surface area contributed by atoms with Crippen LogP contribution >= 0.6 is 0 Å². The van der Waals surface area contributed by atoms with Crippen molar-refractivity contribution in [2.75, 3.05) is 20.7 Å². The third-order valence-electron chi connectivity index (χ3n) is 9.53. The number of hydrogen-bond donors (Lipinski definition) is 4. The molecule has 0 radical (unpaired) electrons. The molecule has 14 nitrogen and oxygen atoms in total. The van der Waals surface area contributed by atoms with Crippen molar-refractivity contribution in [1.82, 2.24) is 15.5 Å². The smallest absolute Gasteiger partial charge is 0.339 e. The van der Waals surface area contributed by atoms with Gasteiger partial charge < -0.3 is 44.7 Å². The SMILES string of the molecule is CC(O)C(NC(=O)C1=CC2OC3(Cc4ccccc4C3)OC2C(OC(=O)c2ccccc2C=CC(=O)N(C)C)C1)C(=O)NC(CO)CCC(=O)OC(C)(C)C. The molecular weight excluding hydrogens is 710 g/mol. The van der Waals surface area contributed by atoms with Gasteiger partial charge in [-0.2, -0.15) is 0 Å². The summed E-state index contributed by atoms with van der Waals surface area (Å²) in [4.78, 5) is 66.9. The first-order valence-corrected chi connectivity index (χ1v) is 18.4.